The molecule has 0 spiro atoms. The molecule has 0 saturated carbocycles. The highest BCUT2D eigenvalue weighted by molar-refractivity contribution is 5.74. The zero-order valence-corrected chi connectivity index (χ0v) is 10.2. The first kappa shape index (κ1) is 13.6. The maximum absolute atomic E-state index is 13.5. The molecule has 1 N–H and O–H groups in total. The second kappa shape index (κ2) is 4.82. The van der Waals surface area contributed by atoms with Crippen molar-refractivity contribution in [2.75, 3.05) is 0 Å². The van der Waals surface area contributed by atoms with Crippen molar-refractivity contribution in [2.24, 2.45) is 5.41 Å². The Bertz CT molecular complexity index is 416. The van der Waals surface area contributed by atoms with Crippen LogP contribution in [0.25, 0.3) is 0 Å². The van der Waals surface area contributed by atoms with Gasteiger partial charge in [-0.25, -0.2) is 8.78 Å². The molecular weight excluding hydrogens is 226 g/mol. The number of carbonyl (C=O) groups is 1. The fraction of sp³-hybridized carbons (Fsp3) is 0.462. The largest absolute Gasteiger partial charge is 0.481 e. The van der Waals surface area contributed by atoms with E-state index in [0.29, 0.717) is 11.1 Å². The third-order valence-corrected chi connectivity index (χ3v) is 2.84. The van der Waals surface area contributed by atoms with Gasteiger partial charge in [0.2, 0.25) is 0 Å². The molecule has 0 aromatic heterocycles. The number of alkyl halides is 1. The van der Waals surface area contributed by atoms with Crippen LogP contribution in [-0.2, 0) is 17.9 Å². The maximum atomic E-state index is 13.5. The van der Waals surface area contributed by atoms with Crippen molar-refractivity contribution in [1.82, 2.24) is 0 Å². The molecular formula is C13H16F2O2. The van der Waals surface area contributed by atoms with Crippen LogP contribution in [0.1, 0.15) is 30.5 Å². The first-order chi connectivity index (χ1) is 7.77. The molecule has 0 fully saturated rings. The number of hydrogen-bond acceptors (Lipinski definition) is 1. The van der Waals surface area contributed by atoms with E-state index < -0.39 is 23.9 Å². The van der Waals surface area contributed by atoms with E-state index in [9.17, 15) is 13.6 Å². The molecule has 0 aliphatic heterocycles. The summed E-state index contributed by atoms with van der Waals surface area (Å²) in [7, 11) is 0. The van der Waals surface area contributed by atoms with Crippen LogP contribution < -0.4 is 0 Å². The molecule has 1 aromatic carbocycles. The normalized spacial score (nSPS) is 11.6. The predicted molar refractivity (Wildman–Crippen MR) is 61.1 cm³/mol. The topological polar surface area (TPSA) is 37.3 Å². The fourth-order valence-electron chi connectivity index (χ4n) is 1.70. The summed E-state index contributed by atoms with van der Waals surface area (Å²) in [5.41, 5.74) is 0.172. The molecule has 0 amide bonds. The molecule has 94 valence electrons. The monoisotopic (exact) mass is 242 g/mol. The minimum Gasteiger partial charge on any atom is -0.481 e. The number of benzene rings is 1. The molecule has 0 atom stereocenters. The van der Waals surface area contributed by atoms with Crippen molar-refractivity contribution >= 4 is 5.97 Å². The van der Waals surface area contributed by atoms with E-state index >= 15 is 0 Å². The van der Waals surface area contributed by atoms with Gasteiger partial charge < -0.3 is 5.11 Å². The molecule has 1 rings (SSSR count). The second-order valence-corrected chi connectivity index (χ2v) is 4.87. The number of halogens is 2. The summed E-state index contributed by atoms with van der Waals surface area (Å²) >= 11 is 0. The first-order valence-electron chi connectivity index (χ1n) is 5.35. The average molecular weight is 242 g/mol. The summed E-state index contributed by atoms with van der Waals surface area (Å²) in [6.45, 7) is 3.92. The van der Waals surface area contributed by atoms with Gasteiger partial charge in [0, 0.05) is 5.56 Å². The van der Waals surface area contributed by atoms with E-state index in [1.807, 2.05) is 0 Å². The molecule has 0 unspecified atom stereocenters. The number of carboxylic acid groups (broad SMARTS) is 1. The van der Waals surface area contributed by atoms with Gasteiger partial charge in [0.1, 0.15) is 12.5 Å². The van der Waals surface area contributed by atoms with E-state index in [4.69, 9.17) is 5.11 Å². The van der Waals surface area contributed by atoms with Crippen LogP contribution in [0, 0.1) is 18.2 Å². The molecule has 0 radical (unpaired) electrons. The summed E-state index contributed by atoms with van der Waals surface area (Å²) in [6, 6.07) is 2.86. The van der Waals surface area contributed by atoms with E-state index in [1.54, 1.807) is 26.8 Å². The predicted octanol–water partition coefficient (Wildman–Crippen LogP) is 3.26. The summed E-state index contributed by atoms with van der Waals surface area (Å²) in [4.78, 5) is 11.0. The number of aliphatic carboxylic acids is 1. The van der Waals surface area contributed by atoms with Gasteiger partial charge in [-0.05, 0) is 44.4 Å². The van der Waals surface area contributed by atoms with E-state index in [0.717, 1.165) is 0 Å². The average Bonchev–Trinajstić information content (AvgIpc) is 2.15. The lowest BCUT2D eigenvalue weighted by molar-refractivity contribution is -0.146. The van der Waals surface area contributed by atoms with Crippen LogP contribution in [0.4, 0.5) is 8.78 Å². The lowest BCUT2D eigenvalue weighted by Gasteiger charge is -2.19. The molecule has 4 heteroatoms. The zero-order valence-electron chi connectivity index (χ0n) is 10.2. The quantitative estimate of drug-likeness (QED) is 0.879. The van der Waals surface area contributed by atoms with Crippen LogP contribution in [0.3, 0.4) is 0 Å². The first-order valence-corrected chi connectivity index (χ1v) is 5.35. The minimum atomic E-state index is -0.962. The third-order valence-electron chi connectivity index (χ3n) is 2.84. The number of rotatable bonds is 4. The zero-order chi connectivity index (χ0) is 13.2. The van der Waals surface area contributed by atoms with Gasteiger partial charge in [0.15, 0.2) is 0 Å². The van der Waals surface area contributed by atoms with Crippen molar-refractivity contribution in [2.45, 2.75) is 33.9 Å². The summed E-state index contributed by atoms with van der Waals surface area (Å²) in [5.74, 6) is -1.55. The van der Waals surface area contributed by atoms with E-state index in [2.05, 4.69) is 0 Å². The molecule has 0 aliphatic carbocycles. The van der Waals surface area contributed by atoms with Crippen LogP contribution >= 0.6 is 0 Å². The Labute approximate surface area is 99.3 Å². The highest BCUT2D eigenvalue weighted by Crippen LogP contribution is 2.25. The summed E-state index contributed by atoms with van der Waals surface area (Å²) < 4.78 is 26.0. The fourth-order valence-corrected chi connectivity index (χ4v) is 1.70. The Hall–Kier alpha value is -1.45. The van der Waals surface area contributed by atoms with Gasteiger partial charge >= 0.3 is 5.97 Å². The van der Waals surface area contributed by atoms with Gasteiger partial charge in [-0.1, -0.05) is 6.07 Å². The Morgan fingerprint density at radius 2 is 2.00 bits per heavy atom. The lowest BCUT2D eigenvalue weighted by atomic mass is 9.85. The molecule has 0 bridgehead atoms. The van der Waals surface area contributed by atoms with Crippen LogP contribution in [0.2, 0.25) is 0 Å². The van der Waals surface area contributed by atoms with Crippen molar-refractivity contribution < 1.29 is 18.7 Å². The van der Waals surface area contributed by atoms with E-state index in [1.165, 1.54) is 6.07 Å². The van der Waals surface area contributed by atoms with Crippen molar-refractivity contribution in [3.63, 3.8) is 0 Å². The smallest absolute Gasteiger partial charge is 0.309 e. The molecule has 17 heavy (non-hydrogen) atoms. The standard InChI is InChI=1S/C13H16F2O2/c1-8-4-9(5-11(15)10(8)7-14)6-13(2,3)12(16)17/h4-5H,6-7H2,1-3H3,(H,16,17). The van der Waals surface area contributed by atoms with Gasteiger partial charge in [-0.3, -0.25) is 4.79 Å². The van der Waals surface area contributed by atoms with Gasteiger partial charge in [-0.2, -0.15) is 0 Å². The number of hydrogen-bond donors (Lipinski definition) is 1. The molecule has 0 saturated heterocycles. The van der Waals surface area contributed by atoms with Gasteiger partial charge in [0.05, 0.1) is 5.41 Å². The Balaban J connectivity index is 3.06. The highest BCUT2D eigenvalue weighted by atomic mass is 19.1. The molecule has 2 nitrogen and oxygen atoms in total. The van der Waals surface area contributed by atoms with Gasteiger partial charge in [-0.15, -0.1) is 0 Å². The second-order valence-electron chi connectivity index (χ2n) is 4.87. The minimum absolute atomic E-state index is 0.0434. The van der Waals surface area contributed by atoms with Crippen LogP contribution in [0.5, 0.6) is 0 Å². The molecule has 0 aliphatic rings. The van der Waals surface area contributed by atoms with Gasteiger partial charge in [0.25, 0.3) is 0 Å². The molecule has 0 heterocycles. The maximum Gasteiger partial charge on any atom is 0.309 e. The Kier molecular flexibility index (Phi) is 3.86. The summed E-state index contributed by atoms with van der Waals surface area (Å²) in [6.07, 6.45) is 0.215. The van der Waals surface area contributed by atoms with Crippen LogP contribution in [0.15, 0.2) is 12.1 Å². The Morgan fingerprint density at radius 3 is 2.41 bits per heavy atom. The highest BCUT2D eigenvalue weighted by Gasteiger charge is 2.27. The van der Waals surface area contributed by atoms with Crippen LogP contribution in [-0.4, -0.2) is 11.1 Å². The van der Waals surface area contributed by atoms with Crippen molar-refractivity contribution in [3.05, 3.63) is 34.6 Å². The van der Waals surface area contributed by atoms with Crippen molar-refractivity contribution in [3.8, 4) is 0 Å². The lowest BCUT2D eigenvalue weighted by Crippen LogP contribution is -2.26. The number of aryl methyl sites for hydroxylation is 1. The van der Waals surface area contributed by atoms with E-state index in [-0.39, 0.29) is 12.0 Å². The van der Waals surface area contributed by atoms with Crippen molar-refractivity contribution in [1.29, 1.82) is 0 Å². The molecule has 1 aromatic rings. The third kappa shape index (κ3) is 3.02. The Morgan fingerprint density at radius 1 is 1.41 bits per heavy atom. The summed E-state index contributed by atoms with van der Waals surface area (Å²) in [5, 5.41) is 8.99. The SMILES string of the molecule is Cc1cc(CC(C)(C)C(=O)O)cc(F)c1CF. The number of carboxylic acids is 1.